The molecule has 10 heteroatoms. The second-order valence-corrected chi connectivity index (χ2v) is 5.08. The lowest BCUT2D eigenvalue weighted by Gasteiger charge is -1.93. The summed E-state index contributed by atoms with van der Waals surface area (Å²) in [6, 6.07) is 0. The summed E-state index contributed by atoms with van der Waals surface area (Å²) in [7, 11) is 0. The van der Waals surface area contributed by atoms with Gasteiger partial charge in [-0.3, -0.25) is 20.2 Å². The summed E-state index contributed by atoms with van der Waals surface area (Å²) in [5.41, 5.74) is 4.10. The third kappa shape index (κ3) is 2.61. The Kier molecular flexibility index (Phi) is 3.55. The number of hydrogen-bond donors (Lipinski definition) is 1. The summed E-state index contributed by atoms with van der Waals surface area (Å²) in [6.45, 7) is 0. The summed E-state index contributed by atoms with van der Waals surface area (Å²) in [5, 5.41) is 22.2. The Labute approximate surface area is 96.6 Å². The fourth-order valence-electron chi connectivity index (χ4n) is 0.787. The van der Waals surface area contributed by atoms with E-state index in [1.165, 1.54) is 0 Å². The van der Waals surface area contributed by atoms with Gasteiger partial charge in [0.05, 0.1) is 15.2 Å². The first kappa shape index (κ1) is 11.8. The van der Waals surface area contributed by atoms with Crippen LogP contribution in [0.4, 0.5) is 11.4 Å². The molecule has 0 aliphatic carbocycles. The fraction of sp³-hybridized carbons (Fsp3) is 0. The van der Waals surface area contributed by atoms with Crippen LogP contribution in [0, 0.1) is 20.2 Å². The first-order chi connectivity index (χ1) is 6.93. The Balaban J connectivity index is 3.24. The molecule has 0 radical (unpaired) electrons. The maximum atomic E-state index is 10.6. The Morgan fingerprint density at radius 1 is 1.47 bits per heavy atom. The van der Waals surface area contributed by atoms with E-state index >= 15 is 0 Å². The van der Waals surface area contributed by atoms with Crippen LogP contribution in [0.5, 0.6) is 0 Å². The molecule has 0 saturated carbocycles. The Morgan fingerprint density at radius 3 is 2.47 bits per heavy atom. The zero-order valence-electron chi connectivity index (χ0n) is 6.91. The minimum absolute atomic E-state index is 0.0187. The summed E-state index contributed by atoms with van der Waals surface area (Å²) in [5.74, 6) is 0. The lowest BCUT2D eigenvalue weighted by molar-refractivity contribution is -0.423. The molecule has 0 unspecified atom stereocenters. The standard InChI is InChI=1S/C5H3N3O4S3/c6-5(13)15-4-3(8(11)12)2(1-14-4)7(9)10/h1H,(H2,6,13). The van der Waals surface area contributed by atoms with Gasteiger partial charge in [0.15, 0.2) is 4.21 Å². The molecule has 7 nitrogen and oxygen atoms in total. The van der Waals surface area contributed by atoms with Gasteiger partial charge in [0.25, 0.3) is 0 Å². The van der Waals surface area contributed by atoms with Crippen LogP contribution in [-0.2, 0) is 0 Å². The predicted molar refractivity (Wildman–Crippen MR) is 60.3 cm³/mol. The molecule has 0 saturated heterocycles. The van der Waals surface area contributed by atoms with Crippen molar-refractivity contribution in [2.75, 3.05) is 0 Å². The summed E-state index contributed by atoms with van der Waals surface area (Å²) in [6.07, 6.45) is 0. The highest BCUT2D eigenvalue weighted by molar-refractivity contribution is 8.24. The minimum atomic E-state index is -0.810. The van der Waals surface area contributed by atoms with Crippen molar-refractivity contribution >= 4 is 51.0 Å². The number of rotatable bonds is 3. The molecule has 80 valence electrons. The van der Waals surface area contributed by atoms with Gasteiger partial charge in [-0.25, -0.2) is 0 Å². The van der Waals surface area contributed by atoms with E-state index in [4.69, 9.17) is 5.73 Å². The molecule has 0 amide bonds. The van der Waals surface area contributed by atoms with E-state index in [9.17, 15) is 20.2 Å². The summed E-state index contributed by atoms with van der Waals surface area (Å²) < 4.78 is 0.106. The Bertz CT molecular complexity index is 443. The van der Waals surface area contributed by atoms with Crippen LogP contribution >= 0.6 is 35.3 Å². The topological polar surface area (TPSA) is 112 Å². The number of nitrogens with zero attached hydrogens (tertiary/aromatic N) is 2. The molecule has 2 N–H and O–H groups in total. The molecule has 1 rings (SSSR count). The smallest absolute Gasteiger partial charge is 0.370 e. The van der Waals surface area contributed by atoms with Gasteiger partial charge in [-0.1, -0.05) is 12.2 Å². The van der Waals surface area contributed by atoms with Crippen molar-refractivity contribution in [2.45, 2.75) is 4.21 Å². The second-order valence-electron chi connectivity index (χ2n) is 2.19. The van der Waals surface area contributed by atoms with E-state index < -0.39 is 21.2 Å². The van der Waals surface area contributed by atoms with Crippen molar-refractivity contribution in [1.82, 2.24) is 0 Å². The number of nitrogens with two attached hydrogens (primary N) is 1. The largest absolute Gasteiger partial charge is 0.384 e. The van der Waals surface area contributed by atoms with Crippen LogP contribution in [0.15, 0.2) is 9.59 Å². The number of thiophene rings is 1. The molecule has 1 aromatic heterocycles. The van der Waals surface area contributed by atoms with Gasteiger partial charge in [0.1, 0.15) is 4.32 Å². The van der Waals surface area contributed by atoms with E-state index in [0.717, 1.165) is 28.5 Å². The lowest BCUT2D eigenvalue weighted by atomic mass is 10.5. The van der Waals surface area contributed by atoms with Crippen LogP contribution in [0.3, 0.4) is 0 Å². The quantitative estimate of drug-likeness (QED) is 0.384. The number of nitro groups is 2. The molecule has 0 aliphatic heterocycles. The van der Waals surface area contributed by atoms with Gasteiger partial charge in [0.2, 0.25) is 0 Å². The molecule has 0 atom stereocenters. The van der Waals surface area contributed by atoms with Crippen LogP contribution in [-0.4, -0.2) is 14.2 Å². The maximum absolute atomic E-state index is 10.6. The maximum Gasteiger partial charge on any atom is 0.370 e. The summed E-state index contributed by atoms with van der Waals surface area (Å²) in [4.78, 5) is 19.4. The van der Waals surface area contributed by atoms with Crippen LogP contribution in [0.1, 0.15) is 0 Å². The zero-order valence-corrected chi connectivity index (χ0v) is 9.36. The monoisotopic (exact) mass is 265 g/mol. The van der Waals surface area contributed by atoms with Gasteiger partial charge >= 0.3 is 11.4 Å². The first-order valence-corrected chi connectivity index (χ1v) is 5.41. The molecule has 15 heavy (non-hydrogen) atoms. The van der Waals surface area contributed by atoms with Crippen LogP contribution in [0.25, 0.3) is 0 Å². The molecule has 0 bridgehead atoms. The van der Waals surface area contributed by atoms with Gasteiger partial charge in [0, 0.05) is 0 Å². The van der Waals surface area contributed by atoms with Gasteiger partial charge in [-0.05, 0) is 11.8 Å². The minimum Gasteiger partial charge on any atom is -0.384 e. The highest BCUT2D eigenvalue weighted by atomic mass is 32.2. The SMILES string of the molecule is NC(=S)Sc1scc([N+](=O)[O-])c1[N+](=O)[O-]. The van der Waals surface area contributed by atoms with E-state index in [0.29, 0.717) is 0 Å². The molecule has 1 aromatic rings. The van der Waals surface area contributed by atoms with Crippen LogP contribution < -0.4 is 5.73 Å². The first-order valence-electron chi connectivity index (χ1n) is 3.31. The van der Waals surface area contributed by atoms with E-state index in [1.54, 1.807) is 0 Å². The molecule has 0 aromatic carbocycles. The third-order valence-corrected chi connectivity index (χ3v) is 3.40. The van der Waals surface area contributed by atoms with Crippen LogP contribution in [0.2, 0.25) is 0 Å². The van der Waals surface area contributed by atoms with Crippen molar-refractivity contribution in [2.24, 2.45) is 5.73 Å². The Hall–Kier alpha value is -1.26. The van der Waals surface area contributed by atoms with E-state index in [2.05, 4.69) is 12.2 Å². The normalized spacial score (nSPS) is 9.87. The highest BCUT2D eigenvalue weighted by Crippen LogP contribution is 2.42. The predicted octanol–water partition coefficient (Wildman–Crippen LogP) is 1.90. The fourth-order valence-corrected chi connectivity index (χ4v) is 2.97. The van der Waals surface area contributed by atoms with Crippen molar-refractivity contribution in [3.8, 4) is 0 Å². The highest BCUT2D eigenvalue weighted by Gasteiger charge is 2.31. The number of thiocarbonyl (C=S) groups is 1. The molecular formula is C5H3N3O4S3. The number of thioether (sulfide) groups is 1. The zero-order chi connectivity index (χ0) is 11.6. The van der Waals surface area contributed by atoms with Gasteiger partial charge in [-0.2, -0.15) is 0 Å². The molecule has 0 aliphatic rings. The summed E-state index contributed by atoms with van der Waals surface area (Å²) >= 11 is 6.20. The molecular weight excluding hydrogens is 262 g/mol. The lowest BCUT2D eigenvalue weighted by Crippen LogP contribution is -2.01. The second kappa shape index (κ2) is 4.51. The average molecular weight is 265 g/mol. The van der Waals surface area contributed by atoms with E-state index in [-0.39, 0.29) is 8.53 Å². The average Bonchev–Trinajstić information content (AvgIpc) is 2.46. The molecule has 1 heterocycles. The van der Waals surface area contributed by atoms with Crippen molar-refractivity contribution < 1.29 is 9.85 Å². The van der Waals surface area contributed by atoms with Crippen molar-refractivity contribution in [1.29, 1.82) is 0 Å². The third-order valence-electron chi connectivity index (χ3n) is 1.29. The van der Waals surface area contributed by atoms with Crippen molar-refractivity contribution in [3.05, 3.63) is 25.6 Å². The van der Waals surface area contributed by atoms with Crippen molar-refractivity contribution in [3.63, 3.8) is 0 Å². The van der Waals surface area contributed by atoms with Gasteiger partial charge in [-0.15, -0.1) is 11.3 Å². The molecule has 0 spiro atoms. The number of hydrogen-bond acceptors (Lipinski definition) is 7. The Morgan fingerprint density at radius 2 is 2.07 bits per heavy atom. The molecule has 0 fully saturated rings. The van der Waals surface area contributed by atoms with Gasteiger partial charge < -0.3 is 5.73 Å². The van der Waals surface area contributed by atoms with E-state index in [1.807, 2.05) is 0 Å².